The summed E-state index contributed by atoms with van der Waals surface area (Å²) in [7, 11) is 0. The number of hydrogen-bond acceptors (Lipinski definition) is 1. The molecule has 2 rings (SSSR count). The molecule has 1 aromatic carbocycles. The van der Waals surface area contributed by atoms with Gasteiger partial charge < -0.3 is 5.73 Å². The molecule has 1 aliphatic carbocycles. The van der Waals surface area contributed by atoms with Crippen LogP contribution >= 0.6 is 15.9 Å². The first kappa shape index (κ1) is 9.22. The van der Waals surface area contributed by atoms with Gasteiger partial charge in [-0.2, -0.15) is 0 Å². The molecule has 0 atom stereocenters. The van der Waals surface area contributed by atoms with E-state index < -0.39 is 0 Å². The highest BCUT2D eigenvalue weighted by atomic mass is 79.9. The van der Waals surface area contributed by atoms with Gasteiger partial charge in [-0.25, -0.2) is 0 Å². The second-order valence-electron chi connectivity index (χ2n) is 3.90. The van der Waals surface area contributed by atoms with Gasteiger partial charge in [0.25, 0.3) is 0 Å². The van der Waals surface area contributed by atoms with E-state index in [0.717, 1.165) is 6.54 Å². The molecular formula is C11H14BrN. The van der Waals surface area contributed by atoms with Crippen LogP contribution in [0.3, 0.4) is 0 Å². The van der Waals surface area contributed by atoms with Crippen molar-refractivity contribution in [1.82, 2.24) is 0 Å². The molecule has 1 fully saturated rings. The van der Waals surface area contributed by atoms with Gasteiger partial charge in [-0.15, -0.1) is 0 Å². The van der Waals surface area contributed by atoms with Crippen LogP contribution < -0.4 is 5.73 Å². The van der Waals surface area contributed by atoms with Crippen molar-refractivity contribution in [2.75, 3.05) is 6.54 Å². The summed E-state index contributed by atoms with van der Waals surface area (Å²) in [6.45, 7) is 2.94. The van der Waals surface area contributed by atoms with Gasteiger partial charge in [0, 0.05) is 16.4 Å². The van der Waals surface area contributed by atoms with E-state index in [4.69, 9.17) is 5.73 Å². The predicted molar refractivity (Wildman–Crippen MR) is 58.8 cm³/mol. The Kier molecular flexibility index (Phi) is 2.20. The quantitative estimate of drug-likeness (QED) is 0.845. The zero-order valence-electron chi connectivity index (χ0n) is 7.81. The fourth-order valence-corrected chi connectivity index (χ4v) is 2.28. The molecule has 0 radical (unpaired) electrons. The third-order valence-electron chi connectivity index (χ3n) is 3.08. The minimum absolute atomic E-state index is 0.313. The van der Waals surface area contributed by atoms with Crippen molar-refractivity contribution in [1.29, 1.82) is 0 Å². The molecule has 70 valence electrons. The molecule has 0 unspecified atom stereocenters. The van der Waals surface area contributed by atoms with Crippen molar-refractivity contribution in [3.8, 4) is 0 Å². The lowest BCUT2D eigenvalue weighted by Gasteiger charge is -2.16. The van der Waals surface area contributed by atoms with E-state index in [1.807, 2.05) is 0 Å². The van der Waals surface area contributed by atoms with E-state index in [9.17, 15) is 0 Å². The van der Waals surface area contributed by atoms with Crippen LogP contribution in [-0.4, -0.2) is 6.54 Å². The first-order valence-electron chi connectivity index (χ1n) is 4.65. The molecule has 0 bridgehead atoms. The van der Waals surface area contributed by atoms with Gasteiger partial charge in [-0.3, -0.25) is 0 Å². The largest absolute Gasteiger partial charge is 0.330 e. The van der Waals surface area contributed by atoms with Gasteiger partial charge in [0.2, 0.25) is 0 Å². The van der Waals surface area contributed by atoms with E-state index >= 15 is 0 Å². The fourth-order valence-electron chi connectivity index (χ4n) is 1.92. The molecule has 1 aromatic rings. The molecule has 1 nitrogen and oxygen atoms in total. The van der Waals surface area contributed by atoms with Gasteiger partial charge in [0.05, 0.1) is 0 Å². The smallest absolute Gasteiger partial charge is 0.0207 e. The van der Waals surface area contributed by atoms with Crippen LogP contribution in [0.1, 0.15) is 24.0 Å². The number of benzene rings is 1. The van der Waals surface area contributed by atoms with E-state index in [0.29, 0.717) is 5.41 Å². The molecule has 0 heterocycles. The minimum Gasteiger partial charge on any atom is -0.330 e. The average Bonchev–Trinajstić information content (AvgIpc) is 2.90. The third kappa shape index (κ3) is 1.42. The Hall–Kier alpha value is -0.340. The Morgan fingerprint density at radius 1 is 1.46 bits per heavy atom. The number of hydrogen-bond donors (Lipinski definition) is 1. The Labute approximate surface area is 87.5 Å². The molecule has 0 saturated heterocycles. The average molecular weight is 240 g/mol. The van der Waals surface area contributed by atoms with Crippen molar-refractivity contribution >= 4 is 15.9 Å². The maximum Gasteiger partial charge on any atom is 0.0207 e. The molecule has 13 heavy (non-hydrogen) atoms. The number of nitrogens with two attached hydrogens (primary N) is 1. The van der Waals surface area contributed by atoms with Crippen molar-refractivity contribution in [2.45, 2.75) is 25.2 Å². The SMILES string of the molecule is Cc1c(Br)cccc1C1(CN)CC1. The lowest BCUT2D eigenvalue weighted by Crippen LogP contribution is -2.20. The van der Waals surface area contributed by atoms with Crippen LogP contribution in [0.2, 0.25) is 0 Å². The van der Waals surface area contributed by atoms with Crippen LogP contribution in [0.5, 0.6) is 0 Å². The predicted octanol–water partition coefficient (Wildman–Crippen LogP) is 2.75. The highest BCUT2D eigenvalue weighted by Gasteiger charge is 2.43. The van der Waals surface area contributed by atoms with Crippen LogP contribution in [0, 0.1) is 6.92 Å². The van der Waals surface area contributed by atoms with Crippen LogP contribution in [0.25, 0.3) is 0 Å². The standard InChI is InChI=1S/C11H14BrN/c1-8-9(3-2-4-10(8)12)11(7-13)5-6-11/h2-4H,5-7,13H2,1H3. The third-order valence-corrected chi connectivity index (χ3v) is 3.94. The van der Waals surface area contributed by atoms with Gasteiger partial charge in [0.15, 0.2) is 0 Å². The summed E-state index contributed by atoms with van der Waals surface area (Å²) >= 11 is 3.55. The first-order chi connectivity index (χ1) is 6.19. The normalized spacial score (nSPS) is 18.7. The zero-order chi connectivity index (χ0) is 9.47. The highest BCUT2D eigenvalue weighted by Crippen LogP contribution is 2.49. The Morgan fingerprint density at radius 2 is 2.15 bits per heavy atom. The summed E-state index contributed by atoms with van der Waals surface area (Å²) in [5.41, 5.74) is 8.90. The molecule has 1 saturated carbocycles. The highest BCUT2D eigenvalue weighted by molar-refractivity contribution is 9.10. The molecular weight excluding hydrogens is 226 g/mol. The molecule has 1 aliphatic rings. The monoisotopic (exact) mass is 239 g/mol. The van der Waals surface area contributed by atoms with Crippen molar-refractivity contribution in [3.63, 3.8) is 0 Å². The van der Waals surface area contributed by atoms with Gasteiger partial charge in [-0.1, -0.05) is 28.1 Å². The second-order valence-corrected chi connectivity index (χ2v) is 4.75. The summed E-state index contributed by atoms with van der Waals surface area (Å²) in [6.07, 6.45) is 2.50. The van der Waals surface area contributed by atoms with E-state index in [-0.39, 0.29) is 0 Å². The van der Waals surface area contributed by atoms with E-state index in [2.05, 4.69) is 41.1 Å². The van der Waals surface area contributed by atoms with Crippen LogP contribution in [-0.2, 0) is 5.41 Å². The van der Waals surface area contributed by atoms with Crippen molar-refractivity contribution in [3.05, 3.63) is 33.8 Å². The fraction of sp³-hybridized carbons (Fsp3) is 0.455. The summed E-state index contributed by atoms with van der Waals surface area (Å²) < 4.78 is 1.20. The van der Waals surface area contributed by atoms with Gasteiger partial charge in [-0.05, 0) is 37.0 Å². The molecule has 0 aliphatic heterocycles. The van der Waals surface area contributed by atoms with Crippen molar-refractivity contribution < 1.29 is 0 Å². The summed E-state index contributed by atoms with van der Waals surface area (Å²) in [5.74, 6) is 0. The van der Waals surface area contributed by atoms with Gasteiger partial charge >= 0.3 is 0 Å². The van der Waals surface area contributed by atoms with E-state index in [1.165, 1.54) is 28.4 Å². The number of rotatable bonds is 2. The van der Waals surface area contributed by atoms with Crippen LogP contribution in [0.4, 0.5) is 0 Å². The molecule has 0 amide bonds. The molecule has 2 heteroatoms. The van der Waals surface area contributed by atoms with Crippen LogP contribution in [0.15, 0.2) is 22.7 Å². The maximum atomic E-state index is 5.80. The second kappa shape index (κ2) is 3.10. The first-order valence-corrected chi connectivity index (χ1v) is 5.44. The molecule has 0 aromatic heterocycles. The zero-order valence-corrected chi connectivity index (χ0v) is 9.39. The minimum atomic E-state index is 0.313. The molecule has 0 spiro atoms. The lowest BCUT2D eigenvalue weighted by atomic mass is 9.92. The Balaban J connectivity index is 2.46. The Morgan fingerprint density at radius 3 is 2.69 bits per heavy atom. The van der Waals surface area contributed by atoms with Gasteiger partial charge in [0.1, 0.15) is 0 Å². The summed E-state index contributed by atoms with van der Waals surface area (Å²) in [5, 5.41) is 0. The van der Waals surface area contributed by atoms with E-state index in [1.54, 1.807) is 0 Å². The molecule has 2 N–H and O–H groups in total. The maximum absolute atomic E-state index is 5.80. The summed E-state index contributed by atoms with van der Waals surface area (Å²) in [6, 6.07) is 6.40. The Bertz CT molecular complexity index is 329. The topological polar surface area (TPSA) is 26.0 Å². The number of halogens is 1. The summed E-state index contributed by atoms with van der Waals surface area (Å²) in [4.78, 5) is 0. The van der Waals surface area contributed by atoms with Crippen molar-refractivity contribution in [2.24, 2.45) is 5.73 Å². The lowest BCUT2D eigenvalue weighted by molar-refractivity contribution is 0.698.